The lowest BCUT2D eigenvalue weighted by Gasteiger charge is -2.37. The van der Waals surface area contributed by atoms with Crippen molar-refractivity contribution >= 4 is 28.8 Å². The zero-order chi connectivity index (χ0) is 22.9. The fraction of sp³-hybridized carbons (Fsp3) is 0.458. The van der Waals surface area contributed by atoms with Gasteiger partial charge in [-0.05, 0) is 59.4 Å². The van der Waals surface area contributed by atoms with Crippen LogP contribution < -0.4 is 5.32 Å². The quantitative estimate of drug-likeness (QED) is 0.663. The molecule has 2 aliphatic heterocycles. The third-order valence-electron chi connectivity index (χ3n) is 4.80. The molecule has 3 rings (SSSR count). The molecule has 1 aromatic carbocycles. The molecule has 1 atom stereocenters. The van der Waals surface area contributed by atoms with Crippen LogP contribution in [0, 0.1) is 6.92 Å². The first-order valence-corrected chi connectivity index (χ1v) is 11.4. The number of nitrogens with zero attached hydrogens (tertiary/aromatic N) is 2. The molecular weight excluding hydrogens is 410 g/mol. The number of aliphatic imine (C=N–C) groups is 1. The highest BCUT2D eigenvalue weighted by molar-refractivity contribution is 8.16. The molecule has 0 radical (unpaired) electrons. The second kappa shape index (κ2) is 8.91. The minimum absolute atomic E-state index is 0.0593. The van der Waals surface area contributed by atoms with Crippen molar-refractivity contribution in [2.24, 2.45) is 4.99 Å². The highest BCUT2D eigenvalue weighted by Gasteiger charge is 2.41. The predicted octanol–water partition coefficient (Wildman–Crippen LogP) is 4.83. The van der Waals surface area contributed by atoms with Gasteiger partial charge in [-0.2, -0.15) is 0 Å². The van der Waals surface area contributed by atoms with E-state index in [1.165, 1.54) is 11.8 Å². The van der Waals surface area contributed by atoms with Crippen LogP contribution in [0.25, 0.3) is 0 Å². The van der Waals surface area contributed by atoms with Gasteiger partial charge < -0.3 is 15.0 Å². The van der Waals surface area contributed by atoms with Gasteiger partial charge in [0.25, 0.3) is 0 Å². The molecule has 7 heteroatoms. The summed E-state index contributed by atoms with van der Waals surface area (Å²) in [6.07, 6.45) is 0.215. The van der Waals surface area contributed by atoms with Crippen molar-refractivity contribution in [3.8, 4) is 0 Å². The molecule has 0 saturated heterocycles. The number of benzene rings is 1. The highest BCUT2D eigenvalue weighted by atomic mass is 32.2. The SMILES string of the molecule is CC1=C(C(=O)OC(C)(C)C)C(c2ccc(C)cc2)N2C(CC(=O)NC(C)C)=CSC2=N1. The number of carbonyl (C=O) groups is 2. The van der Waals surface area contributed by atoms with Crippen molar-refractivity contribution in [1.82, 2.24) is 10.2 Å². The second-order valence-electron chi connectivity index (χ2n) is 9.20. The first kappa shape index (κ1) is 23.1. The summed E-state index contributed by atoms with van der Waals surface area (Å²) in [6.45, 7) is 13.3. The summed E-state index contributed by atoms with van der Waals surface area (Å²) in [7, 11) is 0. The van der Waals surface area contributed by atoms with Gasteiger partial charge in [0.15, 0.2) is 5.17 Å². The fourth-order valence-corrected chi connectivity index (χ4v) is 4.53. The summed E-state index contributed by atoms with van der Waals surface area (Å²) in [6, 6.07) is 7.76. The lowest BCUT2D eigenvalue weighted by atomic mass is 9.93. The van der Waals surface area contributed by atoms with Crippen molar-refractivity contribution in [1.29, 1.82) is 0 Å². The number of nitrogens with one attached hydrogen (secondary N) is 1. The number of allylic oxidation sites excluding steroid dienone is 1. The molecule has 6 nitrogen and oxygen atoms in total. The number of carbonyl (C=O) groups excluding carboxylic acids is 2. The molecule has 31 heavy (non-hydrogen) atoms. The smallest absolute Gasteiger partial charge is 0.338 e. The van der Waals surface area contributed by atoms with Gasteiger partial charge in [0, 0.05) is 11.7 Å². The van der Waals surface area contributed by atoms with Gasteiger partial charge in [-0.1, -0.05) is 41.6 Å². The molecule has 0 aliphatic carbocycles. The largest absolute Gasteiger partial charge is 0.456 e. The summed E-state index contributed by atoms with van der Waals surface area (Å²) in [5.74, 6) is -0.447. The Labute approximate surface area is 188 Å². The van der Waals surface area contributed by atoms with E-state index in [9.17, 15) is 9.59 Å². The molecule has 1 amide bonds. The highest BCUT2D eigenvalue weighted by Crippen LogP contribution is 2.45. The maximum absolute atomic E-state index is 13.3. The molecule has 0 fully saturated rings. The first-order valence-electron chi connectivity index (χ1n) is 10.5. The van der Waals surface area contributed by atoms with Crippen LogP contribution in [0.4, 0.5) is 0 Å². The molecule has 2 heterocycles. The molecular formula is C24H31N3O3S. The Morgan fingerprint density at radius 1 is 1.19 bits per heavy atom. The van der Waals surface area contributed by atoms with E-state index in [2.05, 4.69) is 10.3 Å². The van der Waals surface area contributed by atoms with Gasteiger partial charge in [0.05, 0.1) is 23.7 Å². The number of amides is 1. The zero-order valence-corrected chi connectivity index (χ0v) is 20.1. The monoisotopic (exact) mass is 441 g/mol. The van der Waals surface area contributed by atoms with E-state index in [0.717, 1.165) is 22.0 Å². The van der Waals surface area contributed by atoms with Gasteiger partial charge in [-0.3, -0.25) is 4.79 Å². The third-order valence-corrected chi connectivity index (χ3v) is 5.69. The maximum atomic E-state index is 13.3. The average Bonchev–Trinajstić information content (AvgIpc) is 3.01. The van der Waals surface area contributed by atoms with Gasteiger partial charge in [0.1, 0.15) is 5.60 Å². The van der Waals surface area contributed by atoms with E-state index in [0.29, 0.717) is 11.3 Å². The normalized spacial score (nSPS) is 18.6. The fourth-order valence-electron chi connectivity index (χ4n) is 3.57. The number of esters is 1. The Morgan fingerprint density at radius 2 is 1.84 bits per heavy atom. The topological polar surface area (TPSA) is 71.0 Å². The van der Waals surface area contributed by atoms with Crippen molar-refractivity contribution < 1.29 is 14.3 Å². The summed E-state index contributed by atoms with van der Waals surface area (Å²) >= 11 is 1.48. The van der Waals surface area contributed by atoms with Crippen LogP contribution in [0.1, 0.15) is 65.1 Å². The molecule has 1 N–H and O–H groups in total. The number of ether oxygens (including phenoxy) is 1. The molecule has 0 bridgehead atoms. The number of hydrogen-bond donors (Lipinski definition) is 1. The van der Waals surface area contributed by atoms with E-state index >= 15 is 0 Å². The first-order chi connectivity index (χ1) is 14.5. The Hall–Kier alpha value is -2.54. The van der Waals surface area contributed by atoms with Crippen LogP contribution in [-0.2, 0) is 14.3 Å². The molecule has 1 aromatic rings. The van der Waals surface area contributed by atoms with Crippen LogP contribution in [0.5, 0.6) is 0 Å². The van der Waals surface area contributed by atoms with E-state index < -0.39 is 11.6 Å². The van der Waals surface area contributed by atoms with E-state index in [4.69, 9.17) is 4.74 Å². The van der Waals surface area contributed by atoms with E-state index in [-0.39, 0.29) is 24.3 Å². The number of rotatable bonds is 5. The molecule has 1 unspecified atom stereocenters. The van der Waals surface area contributed by atoms with E-state index in [1.807, 2.05) is 83.0 Å². The Morgan fingerprint density at radius 3 is 2.42 bits per heavy atom. The number of fused-ring (bicyclic) bond motifs is 1. The summed E-state index contributed by atoms with van der Waals surface area (Å²) < 4.78 is 5.74. The molecule has 0 saturated carbocycles. The zero-order valence-electron chi connectivity index (χ0n) is 19.3. The molecule has 2 aliphatic rings. The Bertz CT molecular complexity index is 969. The lowest BCUT2D eigenvalue weighted by Crippen LogP contribution is -2.39. The van der Waals surface area contributed by atoms with Gasteiger partial charge in [0.2, 0.25) is 5.91 Å². The number of thioether (sulfide) groups is 1. The lowest BCUT2D eigenvalue weighted by molar-refractivity contribution is -0.150. The maximum Gasteiger partial charge on any atom is 0.338 e. The van der Waals surface area contributed by atoms with Crippen molar-refractivity contribution in [2.45, 2.75) is 72.6 Å². The van der Waals surface area contributed by atoms with Gasteiger partial charge in [-0.15, -0.1) is 0 Å². The van der Waals surface area contributed by atoms with Crippen molar-refractivity contribution in [2.75, 3.05) is 0 Å². The van der Waals surface area contributed by atoms with Crippen LogP contribution in [0.3, 0.4) is 0 Å². The van der Waals surface area contributed by atoms with Crippen molar-refractivity contribution in [3.63, 3.8) is 0 Å². The molecule has 0 spiro atoms. The summed E-state index contributed by atoms with van der Waals surface area (Å²) in [5, 5.41) is 5.66. The van der Waals surface area contributed by atoms with Crippen LogP contribution >= 0.6 is 11.8 Å². The van der Waals surface area contributed by atoms with Crippen LogP contribution in [-0.4, -0.2) is 33.6 Å². The van der Waals surface area contributed by atoms with Crippen molar-refractivity contribution in [3.05, 3.63) is 57.8 Å². The number of hydrogen-bond acceptors (Lipinski definition) is 6. The number of amidine groups is 1. The molecule has 0 aromatic heterocycles. The summed E-state index contributed by atoms with van der Waals surface area (Å²) in [5.41, 5.74) is 3.43. The van der Waals surface area contributed by atoms with E-state index in [1.54, 1.807) is 0 Å². The minimum Gasteiger partial charge on any atom is -0.456 e. The third kappa shape index (κ3) is 5.39. The van der Waals surface area contributed by atoms with Gasteiger partial charge >= 0.3 is 5.97 Å². The van der Waals surface area contributed by atoms with Crippen LogP contribution in [0.15, 0.2) is 51.6 Å². The summed E-state index contributed by atoms with van der Waals surface area (Å²) in [4.78, 5) is 32.5. The van der Waals surface area contributed by atoms with Gasteiger partial charge in [-0.25, -0.2) is 9.79 Å². The average molecular weight is 442 g/mol. The second-order valence-corrected chi connectivity index (χ2v) is 10.0. The predicted molar refractivity (Wildman–Crippen MR) is 125 cm³/mol. The standard InChI is InChI=1S/C24H31N3O3S/c1-14(2)25-19(28)12-18-13-31-23-26-16(4)20(22(29)30-24(5,6)7)21(27(18)23)17-10-8-15(3)9-11-17/h8-11,13-14,21H,12H2,1-7H3,(H,25,28). The Balaban J connectivity index is 2.04. The number of aryl methyl sites for hydroxylation is 1. The molecule has 166 valence electrons. The minimum atomic E-state index is -0.623. The van der Waals surface area contributed by atoms with Crippen LogP contribution in [0.2, 0.25) is 0 Å². The Kier molecular flexibility index (Phi) is 6.65.